The van der Waals surface area contributed by atoms with E-state index in [1.807, 2.05) is 13.1 Å². The number of H-pyrrole nitrogens is 1. The number of aromatic amines is 1. The van der Waals surface area contributed by atoms with Gasteiger partial charge in [-0.3, -0.25) is 4.98 Å². The molecule has 0 aromatic carbocycles. The molecule has 0 spiro atoms. The largest absolute Gasteiger partial charge is 0.345 e. The van der Waals surface area contributed by atoms with Crippen molar-refractivity contribution in [2.45, 2.75) is 6.92 Å². The molecule has 0 saturated heterocycles. The first-order valence-corrected chi connectivity index (χ1v) is 3.33. The summed E-state index contributed by atoms with van der Waals surface area (Å²) in [7, 11) is 5.46. The zero-order valence-electron chi connectivity index (χ0n) is 6.13. The first-order valence-electron chi connectivity index (χ1n) is 3.33. The molecule has 2 aromatic rings. The van der Waals surface area contributed by atoms with Gasteiger partial charge in [-0.2, -0.15) is 0 Å². The Morgan fingerprint density at radius 2 is 2.36 bits per heavy atom. The number of fused-ring (bicyclic) bond motifs is 1. The summed E-state index contributed by atoms with van der Waals surface area (Å²) in [5.41, 5.74) is 3.17. The van der Waals surface area contributed by atoms with Crippen molar-refractivity contribution in [2.75, 3.05) is 0 Å². The van der Waals surface area contributed by atoms with Crippen molar-refractivity contribution in [3.63, 3.8) is 0 Å². The van der Waals surface area contributed by atoms with Gasteiger partial charge in [0.25, 0.3) is 0 Å². The van der Waals surface area contributed by atoms with E-state index in [9.17, 15) is 0 Å². The Balaban J connectivity index is 2.87. The Bertz CT molecular complexity index is 393. The SMILES string of the molecule is [B]c1cnc2[nH]cc(C)c2n1. The molecule has 0 aliphatic heterocycles. The van der Waals surface area contributed by atoms with Crippen LogP contribution in [0.2, 0.25) is 0 Å². The molecule has 0 aliphatic rings. The van der Waals surface area contributed by atoms with Crippen molar-refractivity contribution >= 4 is 24.6 Å². The molecule has 0 atom stereocenters. The van der Waals surface area contributed by atoms with Crippen LogP contribution in [0.4, 0.5) is 0 Å². The Morgan fingerprint density at radius 1 is 1.55 bits per heavy atom. The number of rotatable bonds is 0. The molecule has 0 fully saturated rings. The third kappa shape index (κ3) is 0.907. The molecule has 3 nitrogen and oxygen atoms in total. The van der Waals surface area contributed by atoms with Crippen LogP contribution in [0.15, 0.2) is 12.4 Å². The highest BCUT2D eigenvalue weighted by Crippen LogP contribution is 2.09. The van der Waals surface area contributed by atoms with Crippen LogP contribution in [0.25, 0.3) is 11.2 Å². The van der Waals surface area contributed by atoms with Crippen LogP contribution in [0.1, 0.15) is 5.56 Å². The molecular weight excluding hydrogens is 137 g/mol. The van der Waals surface area contributed by atoms with Gasteiger partial charge in [-0.1, -0.05) is 0 Å². The fraction of sp³-hybridized carbons (Fsp3) is 0.143. The van der Waals surface area contributed by atoms with E-state index in [4.69, 9.17) is 7.85 Å². The Kier molecular flexibility index (Phi) is 1.21. The van der Waals surface area contributed by atoms with E-state index in [1.54, 1.807) is 0 Å². The first-order chi connectivity index (χ1) is 5.27. The number of aromatic nitrogens is 3. The molecular formula is C7H6BN3. The van der Waals surface area contributed by atoms with Gasteiger partial charge < -0.3 is 4.98 Å². The monoisotopic (exact) mass is 143 g/mol. The van der Waals surface area contributed by atoms with E-state index < -0.39 is 0 Å². The van der Waals surface area contributed by atoms with Crippen molar-refractivity contribution in [1.82, 2.24) is 15.0 Å². The first kappa shape index (κ1) is 6.40. The molecule has 1 N–H and O–H groups in total. The predicted octanol–water partition coefficient (Wildman–Crippen LogP) is 0.0601. The maximum absolute atomic E-state index is 5.46. The van der Waals surface area contributed by atoms with Crippen LogP contribution in [0.3, 0.4) is 0 Å². The highest BCUT2D eigenvalue weighted by molar-refractivity contribution is 6.30. The van der Waals surface area contributed by atoms with Crippen LogP contribution in [-0.2, 0) is 0 Å². The molecule has 2 aromatic heterocycles. The lowest BCUT2D eigenvalue weighted by Gasteiger charge is -1.91. The lowest BCUT2D eigenvalue weighted by molar-refractivity contribution is 1.29. The fourth-order valence-electron chi connectivity index (χ4n) is 1.03. The van der Waals surface area contributed by atoms with E-state index in [2.05, 4.69) is 15.0 Å². The summed E-state index contributed by atoms with van der Waals surface area (Å²) in [5.74, 6) is 0. The van der Waals surface area contributed by atoms with Gasteiger partial charge in [0, 0.05) is 18.0 Å². The number of nitrogens with zero attached hydrogens (tertiary/aromatic N) is 2. The molecule has 0 amide bonds. The molecule has 0 bridgehead atoms. The van der Waals surface area contributed by atoms with E-state index in [-0.39, 0.29) is 0 Å². The summed E-state index contributed by atoms with van der Waals surface area (Å²) < 4.78 is 0. The van der Waals surface area contributed by atoms with Gasteiger partial charge in [0.1, 0.15) is 13.4 Å². The number of hydrogen-bond acceptors (Lipinski definition) is 2. The molecule has 0 aliphatic carbocycles. The van der Waals surface area contributed by atoms with Crippen LogP contribution in [-0.4, -0.2) is 22.8 Å². The van der Waals surface area contributed by atoms with Gasteiger partial charge in [-0.15, -0.1) is 0 Å². The fourth-order valence-corrected chi connectivity index (χ4v) is 1.03. The average Bonchev–Trinajstić information content (AvgIpc) is 2.33. The van der Waals surface area contributed by atoms with Gasteiger partial charge >= 0.3 is 0 Å². The van der Waals surface area contributed by atoms with Crippen LogP contribution < -0.4 is 5.59 Å². The minimum absolute atomic E-state index is 0.459. The molecule has 52 valence electrons. The number of nitrogens with one attached hydrogen (secondary N) is 1. The number of hydrogen-bond donors (Lipinski definition) is 1. The van der Waals surface area contributed by atoms with Gasteiger partial charge in [0.05, 0.1) is 0 Å². The summed E-state index contributed by atoms with van der Waals surface area (Å²) in [6.45, 7) is 1.97. The lowest BCUT2D eigenvalue weighted by Crippen LogP contribution is -2.08. The standard InChI is InChI=1S/C7H6BN3/c1-4-2-9-7-6(4)11-5(8)3-10-7/h2-3H,1H3,(H,9,10). The maximum atomic E-state index is 5.46. The summed E-state index contributed by atoms with van der Waals surface area (Å²) in [6.07, 6.45) is 3.41. The van der Waals surface area contributed by atoms with E-state index >= 15 is 0 Å². The van der Waals surface area contributed by atoms with Crippen molar-refractivity contribution in [3.8, 4) is 0 Å². The molecule has 2 radical (unpaired) electrons. The predicted molar refractivity (Wildman–Crippen MR) is 44.0 cm³/mol. The smallest absolute Gasteiger partial charge is 0.156 e. The molecule has 2 rings (SSSR count). The van der Waals surface area contributed by atoms with Crippen LogP contribution in [0, 0.1) is 6.92 Å². The summed E-state index contributed by atoms with van der Waals surface area (Å²) in [4.78, 5) is 11.2. The topological polar surface area (TPSA) is 41.6 Å². The molecule has 2 heterocycles. The Morgan fingerprint density at radius 3 is 3.18 bits per heavy atom. The molecule has 11 heavy (non-hydrogen) atoms. The Hall–Kier alpha value is -1.32. The van der Waals surface area contributed by atoms with Crippen molar-refractivity contribution in [3.05, 3.63) is 18.0 Å². The quantitative estimate of drug-likeness (QED) is 0.529. The van der Waals surface area contributed by atoms with Crippen molar-refractivity contribution < 1.29 is 0 Å². The second kappa shape index (κ2) is 2.08. The van der Waals surface area contributed by atoms with Crippen LogP contribution >= 0.6 is 0 Å². The summed E-state index contributed by atoms with van der Waals surface area (Å²) in [5, 5.41) is 0. The minimum atomic E-state index is 0.459. The second-order valence-corrected chi connectivity index (χ2v) is 2.46. The molecule has 4 heteroatoms. The van der Waals surface area contributed by atoms with E-state index in [0.717, 1.165) is 16.7 Å². The highest BCUT2D eigenvalue weighted by Gasteiger charge is 2.00. The van der Waals surface area contributed by atoms with E-state index in [0.29, 0.717) is 5.59 Å². The zero-order valence-corrected chi connectivity index (χ0v) is 6.13. The van der Waals surface area contributed by atoms with Gasteiger partial charge in [-0.25, -0.2) is 4.98 Å². The lowest BCUT2D eigenvalue weighted by atomic mass is 10.1. The third-order valence-electron chi connectivity index (χ3n) is 1.59. The normalized spacial score (nSPS) is 10.6. The van der Waals surface area contributed by atoms with Gasteiger partial charge in [0.15, 0.2) is 5.65 Å². The van der Waals surface area contributed by atoms with E-state index in [1.165, 1.54) is 6.20 Å². The average molecular weight is 143 g/mol. The van der Waals surface area contributed by atoms with Gasteiger partial charge in [0.2, 0.25) is 0 Å². The summed E-state index contributed by atoms with van der Waals surface area (Å²) in [6, 6.07) is 0. The van der Waals surface area contributed by atoms with Gasteiger partial charge in [-0.05, 0) is 12.5 Å². The number of aryl methyl sites for hydroxylation is 1. The van der Waals surface area contributed by atoms with Crippen molar-refractivity contribution in [1.29, 1.82) is 0 Å². The van der Waals surface area contributed by atoms with Crippen molar-refractivity contribution in [2.24, 2.45) is 0 Å². The minimum Gasteiger partial charge on any atom is -0.345 e. The maximum Gasteiger partial charge on any atom is 0.156 e. The molecule has 0 saturated carbocycles. The molecule has 0 unspecified atom stereocenters. The third-order valence-corrected chi connectivity index (χ3v) is 1.59. The van der Waals surface area contributed by atoms with Crippen LogP contribution in [0.5, 0.6) is 0 Å². The second-order valence-electron chi connectivity index (χ2n) is 2.46. The Labute approximate surface area is 65.3 Å². The zero-order chi connectivity index (χ0) is 7.84. The summed E-state index contributed by atoms with van der Waals surface area (Å²) >= 11 is 0. The highest BCUT2D eigenvalue weighted by atomic mass is 14.9.